The minimum atomic E-state index is 0.685. The molecule has 0 unspecified atom stereocenters. The first-order chi connectivity index (χ1) is 9.74. The van der Waals surface area contributed by atoms with Gasteiger partial charge in [0.2, 0.25) is 0 Å². The molecule has 2 rings (SSSR count). The van der Waals surface area contributed by atoms with Crippen LogP contribution < -0.4 is 4.74 Å². The summed E-state index contributed by atoms with van der Waals surface area (Å²) in [7, 11) is 0. The predicted molar refractivity (Wildman–Crippen MR) is 90.3 cm³/mol. The minimum absolute atomic E-state index is 0.685. The molecule has 0 aliphatic rings. The van der Waals surface area contributed by atoms with E-state index in [1.807, 2.05) is 30.3 Å². The molecule has 3 heteroatoms. The van der Waals surface area contributed by atoms with Crippen LogP contribution >= 0.6 is 22.6 Å². The molecule has 0 aromatic heterocycles. The number of rotatable bonds is 5. The molecule has 0 atom stereocenters. The minimum Gasteiger partial charge on any atom is -0.494 e. The Bertz CT molecular complexity index is 614. The lowest BCUT2D eigenvalue weighted by molar-refractivity contribution is 0.319. The van der Waals surface area contributed by atoms with Gasteiger partial charge in [-0.25, -0.2) is 0 Å². The van der Waals surface area contributed by atoms with Crippen LogP contribution in [0.25, 0.3) is 11.1 Å². The van der Waals surface area contributed by atoms with Gasteiger partial charge in [-0.05, 0) is 54.3 Å². The SMILES string of the molecule is Cc1cc(OCCCI)ccc1-c1ccc(C#N)cc1. The molecule has 0 amide bonds. The molecule has 0 spiro atoms. The molecule has 2 aromatic carbocycles. The van der Waals surface area contributed by atoms with Crippen molar-refractivity contribution in [1.82, 2.24) is 0 Å². The summed E-state index contributed by atoms with van der Waals surface area (Å²) in [5.74, 6) is 0.921. The lowest BCUT2D eigenvalue weighted by Gasteiger charge is -2.10. The van der Waals surface area contributed by atoms with Gasteiger partial charge in [0.25, 0.3) is 0 Å². The van der Waals surface area contributed by atoms with E-state index in [1.54, 1.807) is 0 Å². The standard InChI is InChI=1S/C17H16INO/c1-13-11-16(20-10-2-9-18)7-8-17(13)15-5-3-14(12-19)4-6-15/h3-8,11H,2,9-10H2,1H3. The second-order valence-electron chi connectivity index (χ2n) is 4.56. The number of alkyl halides is 1. The topological polar surface area (TPSA) is 33.0 Å². The van der Waals surface area contributed by atoms with E-state index in [1.165, 1.54) is 11.1 Å². The van der Waals surface area contributed by atoms with Gasteiger partial charge >= 0.3 is 0 Å². The van der Waals surface area contributed by atoms with Crippen molar-refractivity contribution in [3.05, 3.63) is 53.6 Å². The molecule has 0 N–H and O–H groups in total. The maximum absolute atomic E-state index is 8.83. The lowest BCUT2D eigenvalue weighted by atomic mass is 9.99. The van der Waals surface area contributed by atoms with E-state index in [-0.39, 0.29) is 0 Å². The summed E-state index contributed by atoms with van der Waals surface area (Å²) < 4.78 is 6.82. The summed E-state index contributed by atoms with van der Waals surface area (Å²) in [4.78, 5) is 0. The van der Waals surface area contributed by atoms with Crippen LogP contribution in [-0.2, 0) is 0 Å². The number of benzene rings is 2. The van der Waals surface area contributed by atoms with E-state index in [0.717, 1.165) is 28.8 Å². The molecular formula is C17H16INO. The Hall–Kier alpha value is -1.54. The first-order valence-corrected chi connectivity index (χ1v) is 8.07. The van der Waals surface area contributed by atoms with Gasteiger partial charge in [0.15, 0.2) is 0 Å². The van der Waals surface area contributed by atoms with Gasteiger partial charge in [-0.3, -0.25) is 0 Å². The molecule has 0 aliphatic carbocycles. The highest BCUT2D eigenvalue weighted by Gasteiger charge is 2.04. The Labute approximate surface area is 133 Å². The zero-order valence-electron chi connectivity index (χ0n) is 11.4. The van der Waals surface area contributed by atoms with E-state index in [0.29, 0.717) is 5.56 Å². The lowest BCUT2D eigenvalue weighted by Crippen LogP contribution is -1.98. The van der Waals surface area contributed by atoms with Crippen molar-refractivity contribution >= 4 is 22.6 Å². The van der Waals surface area contributed by atoms with Crippen LogP contribution in [0.3, 0.4) is 0 Å². The Morgan fingerprint density at radius 1 is 1.15 bits per heavy atom. The first kappa shape index (κ1) is 14.9. The van der Waals surface area contributed by atoms with E-state index in [9.17, 15) is 0 Å². The van der Waals surface area contributed by atoms with Gasteiger partial charge in [0.1, 0.15) is 5.75 Å². The van der Waals surface area contributed by atoms with Crippen LogP contribution in [0.15, 0.2) is 42.5 Å². The summed E-state index contributed by atoms with van der Waals surface area (Å²) in [5, 5.41) is 8.83. The fourth-order valence-electron chi connectivity index (χ4n) is 2.02. The summed E-state index contributed by atoms with van der Waals surface area (Å²) in [5.41, 5.74) is 4.17. The van der Waals surface area contributed by atoms with Crippen LogP contribution in [0, 0.1) is 18.3 Å². The zero-order valence-corrected chi connectivity index (χ0v) is 13.6. The van der Waals surface area contributed by atoms with Crippen molar-refractivity contribution in [2.75, 3.05) is 11.0 Å². The van der Waals surface area contributed by atoms with Crippen LogP contribution in [0.1, 0.15) is 17.5 Å². The van der Waals surface area contributed by atoms with Crippen LogP contribution in [0.2, 0.25) is 0 Å². The molecule has 0 heterocycles. The normalized spacial score (nSPS) is 10.1. The summed E-state index contributed by atoms with van der Waals surface area (Å²) in [6, 6.07) is 16.0. The quantitative estimate of drug-likeness (QED) is 0.429. The van der Waals surface area contributed by atoms with Gasteiger partial charge < -0.3 is 4.74 Å². The number of hydrogen-bond donors (Lipinski definition) is 0. The smallest absolute Gasteiger partial charge is 0.119 e. The first-order valence-electron chi connectivity index (χ1n) is 6.54. The monoisotopic (exact) mass is 377 g/mol. The van der Waals surface area contributed by atoms with Gasteiger partial charge in [0.05, 0.1) is 18.2 Å². The number of aryl methyl sites for hydroxylation is 1. The average molecular weight is 377 g/mol. The average Bonchev–Trinajstić information content (AvgIpc) is 2.48. The van der Waals surface area contributed by atoms with E-state index in [4.69, 9.17) is 10.00 Å². The molecule has 102 valence electrons. The van der Waals surface area contributed by atoms with Crippen molar-refractivity contribution in [3.8, 4) is 22.9 Å². The fraction of sp³-hybridized carbons (Fsp3) is 0.235. The van der Waals surface area contributed by atoms with Crippen molar-refractivity contribution in [2.24, 2.45) is 0 Å². The number of halogens is 1. The summed E-state index contributed by atoms with van der Waals surface area (Å²) >= 11 is 2.35. The Morgan fingerprint density at radius 2 is 1.90 bits per heavy atom. The Balaban J connectivity index is 2.18. The molecule has 0 saturated carbocycles. The third-order valence-electron chi connectivity index (χ3n) is 3.07. The third kappa shape index (κ3) is 3.73. The van der Waals surface area contributed by atoms with Crippen LogP contribution in [-0.4, -0.2) is 11.0 Å². The second-order valence-corrected chi connectivity index (χ2v) is 5.64. The second kappa shape index (κ2) is 7.30. The molecule has 20 heavy (non-hydrogen) atoms. The van der Waals surface area contributed by atoms with Crippen molar-refractivity contribution in [2.45, 2.75) is 13.3 Å². The molecular weight excluding hydrogens is 361 g/mol. The largest absolute Gasteiger partial charge is 0.494 e. The maximum Gasteiger partial charge on any atom is 0.119 e. The number of nitrogens with zero attached hydrogens (tertiary/aromatic N) is 1. The zero-order chi connectivity index (χ0) is 14.4. The van der Waals surface area contributed by atoms with Gasteiger partial charge in [-0.2, -0.15) is 5.26 Å². The van der Waals surface area contributed by atoms with E-state index in [2.05, 4.69) is 47.7 Å². The van der Waals surface area contributed by atoms with Gasteiger partial charge in [0, 0.05) is 4.43 Å². The molecule has 0 aliphatic heterocycles. The summed E-state index contributed by atoms with van der Waals surface area (Å²) in [6.07, 6.45) is 1.07. The molecule has 0 radical (unpaired) electrons. The molecule has 2 nitrogen and oxygen atoms in total. The predicted octanol–water partition coefficient (Wildman–Crippen LogP) is 4.74. The number of ether oxygens (including phenoxy) is 1. The van der Waals surface area contributed by atoms with Gasteiger partial charge in [-0.15, -0.1) is 0 Å². The van der Waals surface area contributed by atoms with Crippen molar-refractivity contribution in [1.29, 1.82) is 5.26 Å². The Morgan fingerprint density at radius 3 is 2.50 bits per heavy atom. The van der Waals surface area contributed by atoms with Crippen LogP contribution in [0.4, 0.5) is 0 Å². The maximum atomic E-state index is 8.83. The van der Waals surface area contributed by atoms with Crippen LogP contribution in [0.5, 0.6) is 5.75 Å². The highest BCUT2D eigenvalue weighted by atomic mass is 127. The number of nitriles is 1. The third-order valence-corrected chi connectivity index (χ3v) is 3.83. The molecule has 2 aromatic rings. The summed E-state index contributed by atoms with van der Waals surface area (Å²) in [6.45, 7) is 2.84. The Kier molecular flexibility index (Phi) is 5.42. The van der Waals surface area contributed by atoms with E-state index >= 15 is 0 Å². The number of hydrogen-bond acceptors (Lipinski definition) is 2. The highest BCUT2D eigenvalue weighted by molar-refractivity contribution is 14.1. The van der Waals surface area contributed by atoms with E-state index < -0.39 is 0 Å². The van der Waals surface area contributed by atoms with Gasteiger partial charge in [-0.1, -0.05) is 40.8 Å². The van der Waals surface area contributed by atoms with Crippen molar-refractivity contribution < 1.29 is 4.74 Å². The van der Waals surface area contributed by atoms with Crippen molar-refractivity contribution in [3.63, 3.8) is 0 Å². The molecule has 0 saturated heterocycles. The molecule has 0 fully saturated rings. The highest BCUT2D eigenvalue weighted by Crippen LogP contribution is 2.27. The molecule has 0 bridgehead atoms. The fourth-order valence-corrected chi connectivity index (χ4v) is 2.33.